The average molecular weight is 381 g/mol. The molecule has 0 aromatic heterocycles. The van der Waals surface area contributed by atoms with Crippen molar-refractivity contribution in [2.75, 3.05) is 18.9 Å². The molecule has 0 heterocycles. The van der Waals surface area contributed by atoms with Gasteiger partial charge >= 0.3 is 0 Å². The Bertz CT molecular complexity index is 787. The van der Waals surface area contributed by atoms with E-state index in [-0.39, 0.29) is 18.3 Å². The summed E-state index contributed by atoms with van der Waals surface area (Å²) >= 11 is 12.0. The van der Waals surface area contributed by atoms with E-state index in [4.69, 9.17) is 23.2 Å². The van der Waals surface area contributed by atoms with Gasteiger partial charge in [-0.3, -0.25) is 9.59 Å². The summed E-state index contributed by atoms with van der Waals surface area (Å²) in [6.07, 6.45) is 2.85. The third-order valence-corrected chi connectivity index (χ3v) is 3.90. The van der Waals surface area contributed by atoms with E-state index in [9.17, 15) is 14.0 Å². The van der Waals surface area contributed by atoms with E-state index in [1.165, 1.54) is 30.2 Å². The van der Waals surface area contributed by atoms with Gasteiger partial charge in [0.05, 0.1) is 22.3 Å². The van der Waals surface area contributed by atoms with Gasteiger partial charge in [0.1, 0.15) is 5.82 Å². The van der Waals surface area contributed by atoms with Crippen LogP contribution < -0.4 is 5.32 Å². The van der Waals surface area contributed by atoms with Gasteiger partial charge < -0.3 is 10.2 Å². The van der Waals surface area contributed by atoms with Crippen molar-refractivity contribution in [1.29, 1.82) is 0 Å². The molecule has 7 heteroatoms. The van der Waals surface area contributed by atoms with Gasteiger partial charge in [-0.1, -0.05) is 41.4 Å². The summed E-state index contributed by atoms with van der Waals surface area (Å²) in [6.45, 7) is -0.172. The van der Waals surface area contributed by atoms with Crippen molar-refractivity contribution < 1.29 is 14.0 Å². The van der Waals surface area contributed by atoms with Crippen LogP contribution in [0.15, 0.2) is 48.5 Å². The highest BCUT2D eigenvalue weighted by molar-refractivity contribution is 6.39. The number of hydrogen-bond donors (Lipinski definition) is 1. The van der Waals surface area contributed by atoms with Gasteiger partial charge in [-0.15, -0.1) is 0 Å². The van der Waals surface area contributed by atoms with Crippen molar-refractivity contribution in [3.63, 3.8) is 0 Å². The highest BCUT2D eigenvalue weighted by Gasteiger charge is 2.13. The largest absolute Gasteiger partial charge is 0.333 e. The second kappa shape index (κ2) is 8.65. The van der Waals surface area contributed by atoms with Crippen molar-refractivity contribution in [1.82, 2.24) is 4.90 Å². The Kier molecular flexibility index (Phi) is 6.56. The molecule has 2 amide bonds. The summed E-state index contributed by atoms with van der Waals surface area (Å²) in [5.41, 5.74) is 0.981. The quantitative estimate of drug-likeness (QED) is 0.788. The molecule has 0 aliphatic carbocycles. The smallest absolute Gasteiger partial charge is 0.246 e. The number of para-hydroxylation sites is 1. The number of hydrogen-bond acceptors (Lipinski definition) is 2. The summed E-state index contributed by atoms with van der Waals surface area (Å²) in [7, 11) is 1.49. The van der Waals surface area contributed by atoms with Crippen molar-refractivity contribution >= 4 is 46.8 Å². The number of nitrogens with zero attached hydrogens (tertiary/aromatic N) is 1. The number of benzene rings is 2. The van der Waals surface area contributed by atoms with Gasteiger partial charge in [0.25, 0.3) is 0 Å². The Labute approximate surface area is 154 Å². The maximum Gasteiger partial charge on any atom is 0.246 e. The van der Waals surface area contributed by atoms with Crippen LogP contribution in [0.5, 0.6) is 0 Å². The van der Waals surface area contributed by atoms with Crippen LogP contribution in [0.2, 0.25) is 10.0 Å². The summed E-state index contributed by atoms with van der Waals surface area (Å²) in [5, 5.41) is 3.20. The fourth-order valence-corrected chi connectivity index (χ4v) is 2.45. The van der Waals surface area contributed by atoms with Crippen LogP contribution in [-0.2, 0) is 9.59 Å². The van der Waals surface area contributed by atoms with E-state index in [1.54, 1.807) is 36.4 Å². The predicted molar refractivity (Wildman–Crippen MR) is 98.2 cm³/mol. The van der Waals surface area contributed by atoms with Crippen molar-refractivity contribution in [2.45, 2.75) is 0 Å². The number of carbonyl (C=O) groups is 2. The number of nitrogens with one attached hydrogen (secondary N) is 1. The molecule has 2 rings (SSSR count). The van der Waals surface area contributed by atoms with E-state index in [0.29, 0.717) is 21.3 Å². The standard InChI is InChI=1S/C18H15Cl2FN2O2/c1-23(17(25)10-7-12-5-8-13(21)9-6-12)11-16(24)22-18-14(19)3-2-4-15(18)20/h2-10H,11H2,1H3,(H,22,24)/b10-7+. The van der Waals surface area contributed by atoms with E-state index >= 15 is 0 Å². The molecule has 0 saturated heterocycles. The van der Waals surface area contributed by atoms with Crippen LogP contribution in [0.4, 0.5) is 10.1 Å². The van der Waals surface area contributed by atoms with E-state index in [2.05, 4.69) is 5.32 Å². The first-order chi connectivity index (χ1) is 11.9. The molecule has 0 unspecified atom stereocenters. The lowest BCUT2D eigenvalue weighted by Crippen LogP contribution is -2.34. The number of anilines is 1. The molecule has 4 nitrogen and oxygen atoms in total. The third kappa shape index (κ3) is 5.59. The topological polar surface area (TPSA) is 49.4 Å². The number of carbonyl (C=O) groups excluding carboxylic acids is 2. The minimum atomic E-state index is -0.430. The first kappa shape index (κ1) is 19.0. The predicted octanol–water partition coefficient (Wildman–Crippen LogP) is 4.24. The highest BCUT2D eigenvalue weighted by atomic mass is 35.5. The first-order valence-electron chi connectivity index (χ1n) is 7.29. The maximum atomic E-state index is 12.8. The number of rotatable bonds is 5. The molecule has 25 heavy (non-hydrogen) atoms. The zero-order valence-corrected chi connectivity index (χ0v) is 14.8. The molecule has 1 N–H and O–H groups in total. The van der Waals surface area contributed by atoms with Gasteiger partial charge in [0, 0.05) is 13.1 Å². The molecule has 0 fully saturated rings. The molecule has 0 aliphatic rings. The first-order valence-corrected chi connectivity index (χ1v) is 8.05. The van der Waals surface area contributed by atoms with Crippen LogP contribution in [0.3, 0.4) is 0 Å². The van der Waals surface area contributed by atoms with Gasteiger partial charge in [-0.05, 0) is 35.9 Å². The Morgan fingerprint density at radius 1 is 1.12 bits per heavy atom. The normalized spacial score (nSPS) is 10.7. The lowest BCUT2D eigenvalue weighted by molar-refractivity contribution is -0.129. The summed E-state index contributed by atoms with van der Waals surface area (Å²) in [5.74, 6) is -1.15. The molecule has 0 radical (unpaired) electrons. The van der Waals surface area contributed by atoms with Gasteiger partial charge in [0.15, 0.2) is 0 Å². The SMILES string of the molecule is CN(CC(=O)Nc1c(Cl)cccc1Cl)C(=O)/C=C/c1ccc(F)cc1. The molecule has 0 saturated carbocycles. The zero-order valence-electron chi connectivity index (χ0n) is 13.3. The Balaban J connectivity index is 1.94. The number of halogens is 3. The minimum Gasteiger partial charge on any atom is -0.333 e. The van der Waals surface area contributed by atoms with Crippen molar-refractivity contribution in [3.8, 4) is 0 Å². The number of likely N-dealkylation sites (N-methyl/N-ethyl adjacent to an activating group) is 1. The molecule has 0 aliphatic heterocycles. The Hall–Kier alpha value is -2.37. The lowest BCUT2D eigenvalue weighted by atomic mass is 10.2. The summed E-state index contributed by atoms with van der Waals surface area (Å²) in [6, 6.07) is 10.6. The van der Waals surface area contributed by atoms with E-state index in [0.717, 1.165) is 0 Å². The van der Waals surface area contributed by atoms with Crippen molar-refractivity contribution in [3.05, 3.63) is 70.0 Å². The van der Waals surface area contributed by atoms with E-state index in [1.807, 2.05) is 0 Å². The molecular formula is C18H15Cl2FN2O2. The molecule has 2 aromatic carbocycles. The average Bonchev–Trinajstić information content (AvgIpc) is 2.57. The summed E-state index contributed by atoms with van der Waals surface area (Å²) in [4.78, 5) is 25.3. The molecule has 130 valence electrons. The molecule has 0 bridgehead atoms. The van der Waals surface area contributed by atoms with Crippen molar-refractivity contribution in [2.24, 2.45) is 0 Å². The van der Waals surface area contributed by atoms with Gasteiger partial charge in [0.2, 0.25) is 11.8 Å². The molecular weight excluding hydrogens is 366 g/mol. The fraction of sp³-hybridized carbons (Fsp3) is 0.111. The maximum absolute atomic E-state index is 12.8. The zero-order chi connectivity index (χ0) is 18.4. The van der Waals surface area contributed by atoms with Crippen LogP contribution >= 0.6 is 23.2 Å². The second-order valence-electron chi connectivity index (χ2n) is 5.22. The van der Waals surface area contributed by atoms with Crippen LogP contribution in [0.1, 0.15) is 5.56 Å². The molecule has 0 atom stereocenters. The number of amides is 2. The van der Waals surface area contributed by atoms with E-state index < -0.39 is 5.91 Å². The molecule has 0 spiro atoms. The second-order valence-corrected chi connectivity index (χ2v) is 6.04. The summed E-state index contributed by atoms with van der Waals surface area (Å²) < 4.78 is 12.8. The van der Waals surface area contributed by atoms with Gasteiger partial charge in [-0.25, -0.2) is 4.39 Å². The Morgan fingerprint density at radius 3 is 2.32 bits per heavy atom. The van der Waals surface area contributed by atoms with Crippen LogP contribution in [-0.4, -0.2) is 30.3 Å². The highest BCUT2D eigenvalue weighted by Crippen LogP contribution is 2.29. The third-order valence-electron chi connectivity index (χ3n) is 3.27. The van der Waals surface area contributed by atoms with Crippen LogP contribution in [0.25, 0.3) is 6.08 Å². The monoisotopic (exact) mass is 380 g/mol. The van der Waals surface area contributed by atoms with Gasteiger partial charge in [-0.2, -0.15) is 0 Å². The minimum absolute atomic E-state index is 0.172. The Morgan fingerprint density at radius 2 is 1.72 bits per heavy atom. The molecule has 2 aromatic rings. The fourth-order valence-electron chi connectivity index (χ4n) is 1.96. The van der Waals surface area contributed by atoms with Crippen LogP contribution in [0, 0.1) is 5.82 Å². The lowest BCUT2D eigenvalue weighted by Gasteiger charge is -2.15.